The van der Waals surface area contributed by atoms with Crippen molar-refractivity contribution in [2.45, 2.75) is 38.6 Å². The number of hydrogen-bond donors (Lipinski definition) is 2. The van der Waals surface area contributed by atoms with Gasteiger partial charge in [0.2, 0.25) is 0 Å². The van der Waals surface area contributed by atoms with Crippen LogP contribution in [0.25, 0.3) is 0 Å². The van der Waals surface area contributed by atoms with Crippen LogP contribution in [0.5, 0.6) is 0 Å². The molecule has 0 fully saturated rings. The second-order valence-corrected chi connectivity index (χ2v) is 4.79. The summed E-state index contributed by atoms with van der Waals surface area (Å²) in [6.45, 7) is 1.88. The van der Waals surface area contributed by atoms with Crippen LogP contribution in [0.4, 0.5) is 10.2 Å². The molecule has 0 bridgehead atoms. The quantitative estimate of drug-likeness (QED) is 0.885. The summed E-state index contributed by atoms with van der Waals surface area (Å²) in [5, 5.41) is 10.2. The Morgan fingerprint density at radius 2 is 2.37 bits per heavy atom. The summed E-state index contributed by atoms with van der Waals surface area (Å²) < 4.78 is 14.1. The van der Waals surface area contributed by atoms with E-state index in [1.807, 2.05) is 13.1 Å². The number of fused-ring (bicyclic) bond motifs is 1. The normalized spacial score (nSPS) is 18.1. The van der Waals surface area contributed by atoms with Crippen LogP contribution in [0, 0.1) is 5.82 Å². The molecule has 0 aromatic carbocycles. The zero-order valence-corrected chi connectivity index (χ0v) is 10.8. The fourth-order valence-corrected chi connectivity index (χ4v) is 2.49. The van der Waals surface area contributed by atoms with E-state index >= 15 is 0 Å². The molecule has 0 amide bonds. The van der Waals surface area contributed by atoms with Crippen LogP contribution in [0.3, 0.4) is 0 Å². The largest absolute Gasteiger partial charge is 0.364 e. The molecule has 0 spiro atoms. The lowest BCUT2D eigenvalue weighted by Crippen LogP contribution is -2.28. The van der Waals surface area contributed by atoms with E-state index in [1.165, 1.54) is 17.6 Å². The Morgan fingerprint density at radius 1 is 1.47 bits per heavy atom. The van der Waals surface area contributed by atoms with Gasteiger partial charge in [0.25, 0.3) is 0 Å². The first-order valence-electron chi connectivity index (χ1n) is 6.55. The SMILES string of the molecule is CCc1ncnc(NC2CCc3[nH]ncc3C2)c1F. The van der Waals surface area contributed by atoms with Crippen molar-refractivity contribution in [1.82, 2.24) is 20.2 Å². The average Bonchev–Trinajstić information content (AvgIpc) is 2.88. The van der Waals surface area contributed by atoms with Gasteiger partial charge in [-0.25, -0.2) is 14.4 Å². The maximum Gasteiger partial charge on any atom is 0.186 e. The molecule has 0 aliphatic heterocycles. The van der Waals surface area contributed by atoms with Crippen molar-refractivity contribution in [3.8, 4) is 0 Å². The van der Waals surface area contributed by atoms with Gasteiger partial charge >= 0.3 is 0 Å². The molecule has 0 radical (unpaired) electrons. The third kappa shape index (κ3) is 2.30. The second-order valence-electron chi connectivity index (χ2n) is 4.79. The van der Waals surface area contributed by atoms with Crippen LogP contribution in [0.15, 0.2) is 12.5 Å². The number of nitrogens with zero attached hydrogens (tertiary/aromatic N) is 3. The van der Waals surface area contributed by atoms with Gasteiger partial charge in [0, 0.05) is 11.7 Å². The van der Waals surface area contributed by atoms with Gasteiger partial charge in [0.15, 0.2) is 11.6 Å². The Kier molecular flexibility index (Phi) is 3.15. The molecule has 1 unspecified atom stereocenters. The molecule has 19 heavy (non-hydrogen) atoms. The Morgan fingerprint density at radius 3 is 3.21 bits per heavy atom. The number of aromatic amines is 1. The summed E-state index contributed by atoms with van der Waals surface area (Å²) in [7, 11) is 0. The molecule has 2 aromatic heterocycles. The summed E-state index contributed by atoms with van der Waals surface area (Å²) in [6.07, 6.45) is 6.55. The highest BCUT2D eigenvalue weighted by Crippen LogP contribution is 2.22. The Bertz CT molecular complexity index is 580. The Balaban J connectivity index is 1.76. The maximum absolute atomic E-state index is 14.1. The molecule has 100 valence electrons. The Labute approximate surface area is 110 Å². The summed E-state index contributed by atoms with van der Waals surface area (Å²) in [5.74, 6) is -0.0215. The lowest BCUT2D eigenvalue weighted by molar-refractivity contribution is 0.570. The Hall–Kier alpha value is -1.98. The molecular formula is C13H16FN5. The summed E-state index contributed by atoms with van der Waals surface area (Å²) in [4.78, 5) is 7.94. The minimum Gasteiger partial charge on any atom is -0.364 e. The number of aryl methyl sites for hydroxylation is 2. The molecule has 1 atom stereocenters. The van der Waals surface area contributed by atoms with Crippen LogP contribution >= 0.6 is 0 Å². The van der Waals surface area contributed by atoms with Crippen LogP contribution in [0.2, 0.25) is 0 Å². The van der Waals surface area contributed by atoms with Gasteiger partial charge in [-0.1, -0.05) is 6.92 Å². The smallest absolute Gasteiger partial charge is 0.186 e. The number of H-pyrrole nitrogens is 1. The van der Waals surface area contributed by atoms with E-state index in [0.29, 0.717) is 17.9 Å². The van der Waals surface area contributed by atoms with E-state index in [0.717, 1.165) is 19.3 Å². The first-order chi connectivity index (χ1) is 9.28. The van der Waals surface area contributed by atoms with Gasteiger partial charge in [0.1, 0.15) is 6.33 Å². The third-order valence-electron chi connectivity index (χ3n) is 3.55. The second kappa shape index (κ2) is 4.95. The van der Waals surface area contributed by atoms with E-state index in [-0.39, 0.29) is 11.9 Å². The van der Waals surface area contributed by atoms with Crippen LogP contribution < -0.4 is 5.32 Å². The highest BCUT2D eigenvalue weighted by Gasteiger charge is 2.21. The lowest BCUT2D eigenvalue weighted by atomic mass is 9.93. The maximum atomic E-state index is 14.1. The van der Waals surface area contributed by atoms with E-state index in [9.17, 15) is 4.39 Å². The van der Waals surface area contributed by atoms with E-state index < -0.39 is 0 Å². The van der Waals surface area contributed by atoms with Crippen molar-refractivity contribution in [3.05, 3.63) is 35.3 Å². The lowest BCUT2D eigenvalue weighted by Gasteiger charge is -2.23. The van der Waals surface area contributed by atoms with Gasteiger partial charge in [0.05, 0.1) is 11.9 Å². The molecular weight excluding hydrogens is 245 g/mol. The molecule has 2 heterocycles. The summed E-state index contributed by atoms with van der Waals surface area (Å²) in [5.41, 5.74) is 2.85. The van der Waals surface area contributed by atoms with Crippen LogP contribution in [-0.4, -0.2) is 26.2 Å². The van der Waals surface area contributed by atoms with Crippen molar-refractivity contribution in [1.29, 1.82) is 0 Å². The van der Waals surface area contributed by atoms with Gasteiger partial charge in [-0.05, 0) is 31.2 Å². The minimum atomic E-state index is -0.331. The predicted octanol–water partition coefficient (Wildman–Crippen LogP) is 1.87. The van der Waals surface area contributed by atoms with Gasteiger partial charge in [-0.15, -0.1) is 0 Å². The zero-order valence-electron chi connectivity index (χ0n) is 10.8. The van der Waals surface area contributed by atoms with Crippen molar-refractivity contribution < 1.29 is 4.39 Å². The number of hydrogen-bond acceptors (Lipinski definition) is 4. The van der Waals surface area contributed by atoms with E-state index in [2.05, 4.69) is 25.5 Å². The monoisotopic (exact) mass is 261 g/mol. The molecule has 0 saturated heterocycles. The number of aromatic nitrogens is 4. The first kappa shape index (κ1) is 12.1. The summed E-state index contributed by atoms with van der Waals surface area (Å²) in [6, 6.07) is 0.194. The van der Waals surface area contributed by atoms with Crippen molar-refractivity contribution in [2.75, 3.05) is 5.32 Å². The standard InChI is InChI=1S/C13H16FN5/c1-2-10-12(14)13(16-7-15-10)18-9-3-4-11-8(5-9)6-17-19-11/h6-7,9H,2-5H2,1H3,(H,17,19)(H,15,16,18). The molecule has 0 saturated carbocycles. The highest BCUT2D eigenvalue weighted by molar-refractivity contribution is 5.39. The number of halogens is 1. The molecule has 1 aliphatic rings. The van der Waals surface area contributed by atoms with Crippen molar-refractivity contribution in [2.24, 2.45) is 0 Å². The molecule has 1 aliphatic carbocycles. The van der Waals surface area contributed by atoms with Crippen molar-refractivity contribution >= 4 is 5.82 Å². The molecule has 2 N–H and O–H groups in total. The van der Waals surface area contributed by atoms with E-state index in [4.69, 9.17) is 0 Å². The average molecular weight is 261 g/mol. The van der Waals surface area contributed by atoms with Crippen LogP contribution in [0.1, 0.15) is 30.3 Å². The van der Waals surface area contributed by atoms with Gasteiger partial charge < -0.3 is 5.32 Å². The van der Waals surface area contributed by atoms with Crippen LogP contribution in [-0.2, 0) is 19.3 Å². The minimum absolute atomic E-state index is 0.194. The van der Waals surface area contributed by atoms with Gasteiger partial charge in [-0.2, -0.15) is 5.10 Å². The zero-order chi connectivity index (χ0) is 13.2. The molecule has 6 heteroatoms. The van der Waals surface area contributed by atoms with E-state index in [1.54, 1.807) is 0 Å². The van der Waals surface area contributed by atoms with Crippen molar-refractivity contribution in [3.63, 3.8) is 0 Å². The number of nitrogens with one attached hydrogen (secondary N) is 2. The first-order valence-corrected chi connectivity index (χ1v) is 6.55. The number of anilines is 1. The van der Waals surface area contributed by atoms with Gasteiger partial charge in [-0.3, -0.25) is 5.10 Å². The molecule has 2 aromatic rings. The number of rotatable bonds is 3. The molecule has 5 nitrogen and oxygen atoms in total. The third-order valence-corrected chi connectivity index (χ3v) is 3.55. The molecule has 3 rings (SSSR count). The summed E-state index contributed by atoms with van der Waals surface area (Å²) >= 11 is 0. The fourth-order valence-electron chi connectivity index (χ4n) is 2.49. The fraction of sp³-hybridized carbons (Fsp3) is 0.462. The highest BCUT2D eigenvalue weighted by atomic mass is 19.1. The topological polar surface area (TPSA) is 66.5 Å². The predicted molar refractivity (Wildman–Crippen MR) is 69.4 cm³/mol.